The highest BCUT2D eigenvalue weighted by Crippen LogP contribution is 1.87. The van der Waals surface area contributed by atoms with Crippen LogP contribution in [0.25, 0.3) is 0 Å². The molecule has 1 heterocycles. The Kier molecular flexibility index (Phi) is 20.0. The lowest BCUT2D eigenvalue weighted by Gasteiger charge is -2.08. The zero-order chi connectivity index (χ0) is 19.1. The van der Waals surface area contributed by atoms with Crippen LogP contribution in [-0.4, -0.2) is 119 Å². The van der Waals surface area contributed by atoms with E-state index in [0.29, 0.717) is 119 Å². The maximum absolute atomic E-state index is 5.41. The van der Waals surface area contributed by atoms with Crippen molar-refractivity contribution in [2.75, 3.05) is 119 Å². The van der Waals surface area contributed by atoms with Crippen LogP contribution in [0, 0.1) is 0 Å². The summed E-state index contributed by atoms with van der Waals surface area (Å²) in [4.78, 5) is 0. The largest absolute Gasteiger partial charge is 0.377 e. The van der Waals surface area contributed by atoms with Crippen LogP contribution in [0.5, 0.6) is 0 Å². The molecule has 0 aliphatic carbocycles. The molecule has 0 radical (unpaired) electrons. The third-order valence-electron chi connectivity index (χ3n) is 3.35. The SMILES string of the molecule is C1COCCOCCOCCOCCOCCOCCOCCOCCO1. The summed E-state index contributed by atoms with van der Waals surface area (Å²) in [6.07, 6.45) is 0. The van der Waals surface area contributed by atoms with Crippen molar-refractivity contribution >= 4 is 0 Å². The highest BCUT2D eigenvalue weighted by Gasteiger charge is 1.96. The third-order valence-corrected chi connectivity index (χ3v) is 3.35. The van der Waals surface area contributed by atoms with Gasteiger partial charge in [0.25, 0.3) is 0 Å². The third kappa shape index (κ3) is 20.2. The van der Waals surface area contributed by atoms with Gasteiger partial charge < -0.3 is 42.6 Å². The zero-order valence-corrected chi connectivity index (χ0v) is 16.4. The Bertz CT molecular complexity index is 153. The molecule has 1 fully saturated rings. The van der Waals surface area contributed by atoms with E-state index in [0.717, 1.165) is 0 Å². The Labute approximate surface area is 162 Å². The van der Waals surface area contributed by atoms with Crippen molar-refractivity contribution in [1.29, 1.82) is 0 Å². The number of hydrogen-bond acceptors (Lipinski definition) is 9. The van der Waals surface area contributed by atoms with Crippen LogP contribution >= 0.6 is 0 Å². The van der Waals surface area contributed by atoms with E-state index in [9.17, 15) is 0 Å². The molecule has 1 saturated heterocycles. The maximum Gasteiger partial charge on any atom is 0.0701 e. The molecule has 1 aliphatic heterocycles. The average molecular weight is 396 g/mol. The molecule has 0 aromatic carbocycles. The topological polar surface area (TPSA) is 83.1 Å². The predicted molar refractivity (Wildman–Crippen MR) is 97.4 cm³/mol. The summed E-state index contributed by atoms with van der Waals surface area (Å²) in [5, 5.41) is 0. The first-order valence-corrected chi connectivity index (χ1v) is 9.70. The number of hydrogen-bond donors (Lipinski definition) is 0. The lowest BCUT2D eigenvalue weighted by Crippen LogP contribution is -2.15. The van der Waals surface area contributed by atoms with Crippen LogP contribution in [0.3, 0.4) is 0 Å². The van der Waals surface area contributed by atoms with Gasteiger partial charge in [0.15, 0.2) is 0 Å². The molecule has 0 aromatic rings. The van der Waals surface area contributed by atoms with Crippen molar-refractivity contribution in [3.05, 3.63) is 0 Å². The van der Waals surface area contributed by atoms with Gasteiger partial charge in [0, 0.05) is 0 Å². The first-order chi connectivity index (χ1) is 13.5. The molecule has 0 unspecified atom stereocenters. The van der Waals surface area contributed by atoms with Gasteiger partial charge in [-0.05, 0) is 0 Å². The highest BCUT2D eigenvalue weighted by molar-refractivity contribution is 4.39. The van der Waals surface area contributed by atoms with Crippen LogP contribution in [-0.2, 0) is 42.6 Å². The Morgan fingerprint density at radius 2 is 0.222 bits per heavy atom. The number of ether oxygens (including phenoxy) is 9. The lowest BCUT2D eigenvalue weighted by atomic mass is 10.6. The van der Waals surface area contributed by atoms with Crippen LogP contribution in [0.2, 0.25) is 0 Å². The van der Waals surface area contributed by atoms with Crippen LogP contribution < -0.4 is 0 Å². The van der Waals surface area contributed by atoms with Gasteiger partial charge in [-0.25, -0.2) is 0 Å². The van der Waals surface area contributed by atoms with Crippen LogP contribution in [0.1, 0.15) is 0 Å². The monoisotopic (exact) mass is 396 g/mol. The van der Waals surface area contributed by atoms with E-state index in [1.807, 2.05) is 0 Å². The molecule has 0 atom stereocenters. The summed E-state index contributed by atoms with van der Waals surface area (Å²) in [7, 11) is 0. The lowest BCUT2D eigenvalue weighted by molar-refractivity contribution is -0.0223. The Morgan fingerprint density at radius 3 is 0.296 bits per heavy atom. The first kappa shape index (κ1) is 24.7. The minimum Gasteiger partial charge on any atom is -0.377 e. The fourth-order valence-corrected chi connectivity index (χ4v) is 1.98. The van der Waals surface area contributed by atoms with Crippen LogP contribution in [0.15, 0.2) is 0 Å². The summed E-state index contributed by atoms with van der Waals surface area (Å²) in [6, 6.07) is 0. The van der Waals surface area contributed by atoms with E-state index >= 15 is 0 Å². The Hall–Kier alpha value is -0.360. The van der Waals surface area contributed by atoms with Gasteiger partial charge in [-0.1, -0.05) is 0 Å². The molecular weight excluding hydrogens is 360 g/mol. The highest BCUT2D eigenvalue weighted by atomic mass is 16.6. The fourth-order valence-electron chi connectivity index (χ4n) is 1.98. The maximum atomic E-state index is 5.41. The Balaban J connectivity index is 2.00. The van der Waals surface area contributed by atoms with E-state index in [2.05, 4.69) is 0 Å². The fraction of sp³-hybridized carbons (Fsp3) is 1.00. The molecule has 0 aromatic heterocycles. The van der Waals surface area contributed by atoms with Gasteiger partial charge in [-0.3, -0.25) is 0 Å². The summed E-state index contributed by atoms with van der Waals surface area (Å²) < 4.78 is 48.7. The molecule has 0 amide bonds. The second-order valence-corrected chi connectivity index (χ2v) is 5.51. The molecule has 27 heavy (non-hydrogen) atoms. The minimum absolute atomic E-state index is 0.546. The van der Waals surface area contributed by atoms with Crippen LogP contribution in [0.4, 0.5) is 0 Å². The predicted octanol–water partition coefficient (Wildman–Crippen LogP) is 0.149. The molecule has 1 rings (SSSR count). The molecule has 162 valence electrons. The van der Waals surface area contributed by atoms with Crippen molar-refractivity contribution in [2.24, 2.45) is 0 Å². The van der Waals surface area contributed by atoms with Crippen molar-refractivity contribution in [1.82, 2.24) is 0 Å². The van der Waals surface area contributed by atoms with Gasteiger partial charge in [-0.2, -0.15) is 0 Å². The normalized spacial score (nSPS) is 24.0. The quantitative estimate of drug-likeness (QED) is 0.568. The summed E-state index contributed by atoms with van der Waals surface area (Å²) in [5.74, 6) is 0. The van der Waals surface area contributed by atoms with E-state index in [4.69, 9.17) is 42.6 Å². The molecule has 0 N–H and O–H groups in total. The van der Waals surface area contributed by atoms with E-state index in [1.54, 1.807) is 0 Å². The summed E-state index contributed by atoms with van der Waals surface area (Å²) in [6.45, 7) is 9.82. The molecule has 0 bridgehead atoms. The van der Waals surface area contributed by atoms with E-state index in [-0.39, 0.29) is 0 Å². The van der Waals surface area contributed by atoms with Crippen molar-refractivity contribution < 1.29 is 42.6 Å². The van der Waals surface area contributed by atoms with Crippen molar-refractivity contribution in [3.8, 4) is 0 Å². The van der Waals surface area contributed by atoms with Crippen molar-refractivity contribution in [3.63, 3.8) is 0 Å². The standard InChI is InChI=1S/C18H36O9/c1-2-20-5-6-22-9-10-24-13-14-26-17-18-27-16-15-25-12-11-23-8-7-21-4-3-19-1/h1-18H2. The Morgan fingerprint density at radius 1 is 0.148 bits per heavy atom. The average Bonchev–Trinajstić information content (AvgIpc) is 2.68. The molecule has 0 saturated carbocycles. The molecule has 9 nitrogen and oxygen atoms in total. The number of rotatable bonds is 0. The van der Waals surface area contributed by atoms with E-state index < -0.39 is 0 Å². The van der Waals surface area contributed by atoms with E-state index in [1.165, 1.54) is 0 Å². The van der Waals surface area contributed by atoms with Gasteiger partial charge >= 0.3 is 0 Å². The molecular formula is C18H36O9. The van der Waals surface area contributed by atoms with Crippen molar-refractivity contribution in [2.45, 2.75) is 0 Å². The second kappa shape index (κ2) is 21.9. The van der Waals surface area contributed by atoms with Gasteiger partial charge in [0.2, 0.25) is 0 Å². The summed E-state index contributed by atoms with van der Waals surface area (Å²) >= 11 is 0. The van der Waals surface area contributed by atoms with Gasteiger partial charge in [0.05, 0.1) is 119 Å². The zero-order valence-electron chi connectivity index (χ0n) is 16.4. The van der Waals surface area contributed by atoms with Gasteiger partial charge in [-0.15, -0.1) is 0 Å². The van der Waals surface area contributed by atoms with Gasteiger partial charge in [0.1, 0.15) is 0 Å². The summed E-state index contributed by atoms with van der Waals surface area (Å²) in [5.41, 5.74) is 0. The minimum atomic E-state index is 0.546. The molecule has 9 heteroatoms. The molecule has 1 aliphatic rings. The second-order valence-electron chi connectivity index (χ2n) is 5.51. The first-order valence-electron chi connectivity index (χ1n) is 9.70. The molecule has 0 spiro atoms. The smallest absolute Gasteiger partial charge is 0.0701 e.